The van der Waals surface area contributed by atoms with Crippen molar-refractivity contribution >= 4 is 10.9 Å². The van der Waals surface area contributed by atoms with Crippen LogP contribution >= 0.6 is 0 Å². The van der Waals surface area contributed by atoms with E-state index in [0.29, 0.717) is 0 Å². The fourth-order valence-electron chi connectivity index (χ4n) is 3.51. The van der Waals surface area contributed by atoms with E-state index in [1.165, 1.54) is 10.9 Å². The van der Waals surface area contributed by atoms with Crippen molar-refractivity contribution in [1.29, 1.82) is 0 Å². The Morgan fingerprint density at radius 1 is 0.852 bits per heavy atom. The second kappa shape index (κ2) is 7.68. The second-order valence-corrected chi connectivity index (χ2v) is 6.99. The minimum atomic E-state index is -0.168. The van der Waals surface area contributed by atoms with Crippen LogP contribution in [-0.2, 0) is 6.42 Å². The summed E-state index contributed by atoms with van der Waals surface area (Å²) in [5.41, 5.74) is 10.5. The Balaban J connectivity index is 1.75. The van der Waals surface area contributed by atoms with Gasteiger partial charge in [0, 0.05) is 17.6 Å². The van der Waals surface area contributed by atoms with E-state index in [1.54, 1.807) is 0 Å². The maximum atomic E-state index is 6.56. The molecule has 0 bridgehead atoms. The van der Waals surface area contributed by atoms with Crippen molar-refractivity contribution in [2.75, 3.05) is 0 Å². The SMILES string of the molecule is C[C@@H](N)Cc1c[nH]c2c(OC(c3ccccc3)c3ccccc3)cccc12. The zero-order chi connectivity index (χ0) is 18.6. The number of benzene rings is 3. The first-order chi connectivity index (χ1) is 13.2. The number of H-pyrrole nitrogens is 1. The van der Waals surface area contributed by atoms with Gasteiger partial charge in [0.15, 0.2) is 0 Å². The minimum absolute atomic E-state index is 0.120. The van der Waals surface area contributed by atoms with E-state index in [4.69, 9.17) is 10.5 Å². The van der Waals surface area contributed by atoms with Crippen molar-refractivity contribution in [2.45, 2.75) is 25.5 Å². The van der Waals surface area contributed by atoms with E-state index in [9.17, 15) is 0 Å². The highest BCUT2D eigenvalue weighted by Gasteiger charge is 2.18. The van der Waals surface area contributed by atoms with E-state index in [-0.39, 0.29) is 12.1 Å². The third kappa shape index (κ3) is 3.74. The van der Waals surface area contributed by atoms with Crippen LogP contribution in [0.4, 0.5) is 0 Å². The van der Waals surface area contributed by atoms with Crippen LogP contribution < -0.4 is 10.5 Å². The lowest BCUT2D eigenvalue weighted by atomic mass is 10.0. The Kier molecular flexibility index (Phi) is 4.95. The standard InChI is InChI=1S/C24H24N2O/c1-17(25)15-20-16-26-23-21(20)13-8-14-22(23)27-24(18-9-4-2-5-10-18)19-11-6-3-7-12-19/h2-14,16-17,24,26H,15,25H2,1H3/t17-/m1/s1. The van der Waals surface area contributed by atoms with Crippen LogP contribution in [0.5, 0.6) is 5.75 Å². The Hall–Kier alpha value is -3.04. The summed E-state index contributed by atoms with van der Waals surface area (Å²) in [7, 11) is 0. The summed E-state index contributed by atoms with van der Waals surface area (Å²) in [6.07, 6.45) is 2.71. The number of nitrogens with two attached hydrogens (primary N) is 1. The first-order valence-electron chi connectivity index (χ1n) is 9.33. The lowest BCUT2D eigenvalue weighted by Crippen LogP contribution is -2.17. The van der Waals surface area contributed by atoms with Crippen molar-refractivity contribution in [3.63, 3.8) is 0 Å². The summed E-state index contributed by atoms with van der Waals surface area (Å²) < 4.78 is 6.56. The maximum absolute atomic E-state index is 6.56. The molecule has 0 spiro atoms. The average Bonchev–Trinajstić information content (AvgIpc) is 3.10. The quantitative estimate of drug-likeness (QED) is 0.497. The third-order valence-electron chi connectivity index (χ3n) is 4.75. The van der Waals surface area contributed by atoms with Crippen LogP contribution in [0.15, 0.2) is 85.1 Å². The molecule has 136 valence electrons. The van der Waals surface area contributed by atoms with E-state index in [0.717, 1.165) is 28.8 Å². The predicted octanol–water partition coefficient (Wildman–Crippen LogP) is 5.23. The summed E-state index contributed by atoms with van der Waals surface area (Å²) >= 11 is 0. The summed E-state index contributed by atoms with van der Waals surface area (Å²) in [6, 6.07) is 27.0. The summed E-state index contributed by atoms with van der Waals surface area (Å²) in [4.78, 5) is 3.39. The molecule has 0 saturated carbocycles. The first kappa shape index (κ1) is 17.4. The predicted molar refractivity (Wildman–Crippen MR) is 111 cm³/mol. The molecule has 1 aromatic heterocycles. The summed E-state index contributed by atoms with van der Waals surface area (Å²) in [5.74, 6) is 0.848. The van der Waals surface area contributed by atoms with Gasteiger partial charge in [0.1, 0.15) is 11.9 Å². The van der Waals surface area contributed by atoms with Gasteiger partial charge in [0.05, 0.1) is 5.52 Å². The Morgan fingerprint density at radius 3 is 2.07 bits per heavy atom. The number of hydrogen-bond acceptors (Lipinski definition) is 2. The highest BCUT2D eigenvalue weighted by atomic mass is 16.5. The van der Waals surface area contributed by atoms with Gasteiger partial charge in [0.25, 0.3) is 0 Å². The first-order valence-corrected chi connectivity index (χ1v) is 9.33. The number of hydrogen-bond donors (Lipinski definition) is 2. The van der Waals surface area contributed by atoms with Gasteiger partial charge in [-0.25, -0.2) is 0 Å². The zero-order valence-electron chi connectivity index (χ0n) is 15.4. The Bertz CT molecular complexity index is 967. The average molecular weight is 356 g/mol. The van der Waals surface area contributed by atoms with Gasteiger partial charge < -0.3 is 15.5 Å². The maximum Gasteiger partial charge on any atom is 0.149 e. The fraction of sp³-hybridized carbons (Fsp3) is 0.167. The smallest absolute Gasteiger partial charge is 0.149 e. The highest BCUT2D eigenvalue weighted by molar-refractivity contribution is 5.88. The molecule has 1 heterocycles. The molecule has 0 amide bonds. The number of rotatable bonds is 6. The molecule has 0 aliphatic heterocycles. The number of para-hydroxylation sites is 1. The van der Waals surface area contributed by atoms with E-state index in [2.05, 4.69) is 35.3 Å². The summed E-state index contributed by atoms with van der Waals surface area (Å²) in [5, 5.41) is 1.17. The fourth-order valence-corrected chi connectivity index (χ4v) is 3.51. The third-order valence-corrected chi connectivity index (χ3v) is 4.75. The van der Waals surface area contributed by atoms with Crippen LogP contribution in [0.1, 0.15) is 29.7 Å². The van der Waals surface area contributed by atoms with Crippen LogP contribution in [-0.4, -0.2) is 11.0 Å². The van der Waals surface area contributed by atoms with Gasteiger partial charge in [-0.15, -0.1) is 0 Å². The van der Waals surface area contributed by atoms with Crippen molar-refractivity contribution in [3.8, 4) is 5.75 Å². The van der Waals surface area contributed by atoms with Gasteiger partial charge in [-0.05, 0) is 36.1 Å². The molecule has 3 aromatic carbocycles. The normalized spacial score (nSPS) is 12.4. The molecule has 0 fully saturated rings. The van der Waals surface area contributed by atoms with Gasteiger partial charge in [-0.1, -0.05) is 72.8 Å². The summed E-state index contributed by atoms with van der Waals surface area (Å²) in [6.45, 7) is 2.03. The molecule has 1 atom stereocenters. The highest BCUT2D eigenvalue weighted by Crippen LogP contribution is 2.33. The van der Waals surface area contributed by atoms with Gasteiger partial charge in [0.2, 0.25) is 0 Å². The largest absolute Gasteiger partial charge is 0.479 e. The number of fused-ring (bicyclic) bond motifs is 1. The van der Waals surface area contributed by atoms with Crippen molar-refractivity contribution in [2.24, 2.45) is 5.73 Å². The van der Waals surface area contributed by atoms with Gasteiger partial charge in [-0.3, -0.25) is 0 Å². The number of aromatic nitrogens is 1. The van der Waals surface area contributed by atoms with E-state index < -0.39 is 0 Å². The van der Waals surface area contributed by atoms with Crippen molar-refractivity contribution in [1.82, 2.24) is 4.98 Å². The van der Waals surface area contributed by atoms with Crippen molar-refractivity contribution < 1.29 is 4.74 Å². The van der Waals surface area contributed by atoms with Crippen LogP contribution in [0, 0.1) is 0 Å². The molecule has 0 unspecified atom stereocenters. The second-order valence-electron chi connectivity index (χ2n) is 6.99. The van der Waals surface area contributed by atoms with Crippen LogP contribution in [0.25, 0.3) is 10.9 Å². The lowest BCUT2D eigenvalue weighted by molar-refractivity contribution is 0.250. The van der Waals surface area contributed by atoms with Crippen molar-refractivity contribution in [3.05, 3.63) is 102 Å². The molecule has 4 aromatic rings. The topological polar surface area (TPSA) is 51.0 Å². The molecule has 4 rings (SSSR count). The van der Waals surface area contributed by atoms with Crippen LogP contribution in [0.2, 0.25) is 0 Å². The molecule has 3 heteroatoms. The molecular weight excluding hydrogens is 332 g/mol. The Morgan fingerprint density at radius 2 is 1.48 bits per heavy atom. The molecule has 3 nitrogen and oxygen atoms in total. The van der Waals surface area contributed by atoms with E-state index in [1.807, 2.05) is 61.7 Å². The molecular formula is C24H24N2O. The molecule has 27 heavy (non-hydrogen) atoms. The van der Waals surface area contributed by atoms with Gasteiger partial charge >= 0.3 is 0 Å². The minimum Gasteiger partial charge on any atom is -0.479 e. The zero-order valence-corrected chi connectivity index (χ0v) is 15.4. The van der Waals surface area contributed by atoms with Crippen LogP contribution in [0.3, 0.4) is 0 Å². The Labute approximate surface area is 159 Å². The number of aromatic amines is 1. The number of ether oxygens (including phenoxy) is 1. The molecule has 0 aliphatic rings. The molecule has 0 aliphatic carbocycles. The lowest BCUT2D eigenvalue weighted by Gasteiger charge is -2.20. The van der Waals surface area contributed by atoms with E-state index >= 15 is 0 Å². The number of nitrogens with one attached hydrogen (secondary N) is 1. The molecule has 3 N–H and O–H groups in total. The molecule has 0 saturated heterocycles. The molecule has 0 radical (unpaired) electrons. The van der Waals surface area contributed by atoms with Gasteiger partial charge in [-0.2, -0.15) is 0 Å². The monoisotopic (exact) mass is 356 g/mol.